The molecule has 0 fully saturated rings. The molecule has 2 N–H and O–H groups in total. The van der Waals surface area contributed by atoms with Crippen LogP contribution in [-0.2, 0) is 22.0 Å². The Morgan fingerprint density at radius 3 is 1.95 bits per heavy atom. The van der Waals surface area contributed by atoms with Gasteiger partial charge in [0.25, 0.3) is 0 Å². The number of aryl methyl sites for hydroxylation is 1. The fourth-order valence-corrected chi connectivity index (χ4v) is 2.48. The molecule has 1 rings (SSSR count). The van der Waals surface area contributed by atoms with Crippen LogP contribution in [0.4, 0.5) is 0 Å². The highest BCUT2D eigenvalue weighted by Gasteiger charge is 2.24. The topological polar surface area (TPSA) is 49.7 Å². The molecule has 0 radical (unpaired) electrons. The van der Waals surface area contributed by atoms with Crippen LogP contribution in [-0.4, -0.2) is 9.79 Å². The van der Waals surface area contributed by atoms with Crippen LogP contribution in [0.2, 0.25) is 0 Å². The van der Waals surface area contributed by atoms with Crippen LogP contribution in [0.15, 0.2) is 12.1 Å². The Hall–Kier alpha value is -0.470. The van der Waals surface area contributed by atoms with E-state index in [2.05, 4.69) is 60.6 Å². The van der Waals surface area contributed by atoms with Crippen molar-refractivity contribution < 1.29 is 14.3 Å². The van der Waals surface area contributed by atoms with Crippen molar-refractivity contribution in [1.29, 1.82) is 0 Å². The molecular weight excluding hydrogens is 271 g/mol. The van der Waals surface area contributed by atoms with E-state index in [1.165, 1.54) is 11.1 Å². The minimum Gasteiger partial charge on any atom is -0.328 e. The van der Waals surface area contributed by atoms with E-state index >= 15 is 0 Å². The predicted octanol–water partition coefficient (Wildman–Crippen LogP) is 4.32. The van der Waals surface area contributed by atoms with Crippen LogP contribution in [0.3, 0.4) is 0 Å². The zero-order chi connectivity index (χ0) is 15.7. The van der Waals surface area contributed by atoms with Gasteiger partial charge in [0.15, 0.2) is 0 Å². The predicted molar refractivity (Wildman–Crippen MR) is 84.7 cm³/mol. The van der Waals surface area contributed by atoms with Crippen LogP contribution in [0.5, 0.6) is 0 Å². The molecule has 4 heteroatoms. The largest absolute Gasteiger partial charge is 0.328 e. The summed E-state index contributed by atoms with van der Waals surface area (Å²) in [5, 5.41) is 0. The summed E-state index contributed by atoms with van der Waals surface area (Å²) in [6.45, 7) is 15.4. The molecule has 0 aliphatic rings. The lowest BCUT2D eigenvalue weighted by atomic mass is 9.77. The molecule has 0 heterocycles. The zero-order valence-corrected chi connectivity index (χ0v) is 14.5. The van der Waals surface area contributed by atoms with Crippen LogP contribution in [0.1, 0.15) is 63.8 Å². The first-order valence-corrected chi connectivity index (χ1v) is 8.04. The highest BCUT2D eigenvalue weighted by Crippen LogP contribution is 2.36. The molecule has 3 nitrogen and oxygen atoms in total. The first-order chi connectivity index (χ1) is 8.93. The Morgan fingerprint density at radius 1 is 1.00 bits per heavy atom. The molecule has 0 aliphatic carbocycles. The van der Waals surface area contributed by atoms with Gasteiger partial charge in [0.05, 0.1) is 6.61 Å². The second-order valence-corrected chi connectivity index (χ2v) is 8.11. The number of rotatable bonds is 3. The molecule has 0 saturated heterocycles. The highest BCUT2D eigenvalue weighted by atomic mass is 31.2. The van der Waals surface area contributed by atoms with E-state index in [-0.39, 0.29) is 17.4 Å². The van der Waals surface area contributed by atoms with Crippen LogP contribution in [0.25, 0.3) is 0 Å². The van der Waals surface area contributed by atoms with Gasteiger partial charge in [0.1, 0.15) is 0 Å². The van der Waals surface area contributed by atoms with Crippen molar-refractivity contribution in [3.05, 3.63) is 34.4 Å². The Morgan fingerprint density at radius 2 is 1.55 bits per heavy atom. The van der Waals surface area contributed by atoms with E-state index in [0.29, 0.717) is 0 Å². The van der Waals surface area contributed by atoms with Gasteiger partial charge in [-0.1, -0.05) is 53.7 Å². The lowest BCUT2D eigenvalue weighted by Gasteiger charge is -2.29. The van der Waals surface area contributed by atoms with Gasteiger partial charge >= 0.3 is 8.60 Å². The lowest BCUT2D eigenvalue weighted by molar-refractivity contribution is 0.243. The SMILES string of the molecule is Cc1cc(C(C)(C)C)cc(C(C)(C)C)c1COP(O)O. The summed E-state index contributed by atoms with van der Waals surface area (Å²) >= 11 is 0. The third-order valence-corrected chi connectivity index (χ3v) is 3.83. The van der Waals surface area contributed by atoms with Crippen LogP contribution < -0.4 is 0 Å². The quantitative estimate of drug-likeness (QED) is 0.817. The molecule has 0 atom stereocenters. The molecule has 0 aliphatic heterocycles. The fourth-order valence-electron chi connectivity index (χ4n) is 2.23. The van der Waals surface area contributed by atoms with E-state index in [9.17, 15) is 0 Å². The molecule has 0 saturated carbocycles. The Labute approximate surface area is 124 Å². The van der Waals surface area contributed by atoms with E-state index in [1.54, 1.807) is 0 Å². The Bertz CT molecular complexity index is 468. The third-order valence-electron chi connectivity index (χ3n) is 3.47. The van der Waals surface area contributed by atoms with Crippen molar-refractivity contribution in [2.24, 2.45) is 0 Å². The van der Waals surface area contributed by atoms with Gasteiger partial charge in [-0.05, 0) is 40.0 Å². The first kappa shape index (κ1) is 17.6. The number of hydrogen-bond donors (Lipinski definition) is 2. The summed E-state index contributed by atoms with van der Waals surface area (Å²) in [4.78, 5) is 18.0. The van der Waals surface area contributed by atoms with Crippen LogP contribution in [0, 0.1) is 6.92 Å². The highest BCUT2D eigenvalue weighted by molar-refractivity contribution is 7.39. The zero-order valence-electron chi connectivity index (χ0n) is 13.6. The maximum Gasteiger partial charge on any atom is 0.327 e. The van der Waals surface area contributed by atoms with Gasteiger partial charge in [-0.15, -0.1) is 0 Å². The van der Waals surface area contributed by atoms with Gasteiger partial charge in [-0.2, -0.15) is 0 Å². The fraction of sp³-hybridized carbons (Fsp3) is 0.625. The molecule has 1 aromatic rings. The second-order valence-electron chi connectivity index (χ2n) is 7.35. The first-order valence-electron chi connectivity index (χ1n) is 6.88. The smallest absolute Gasteiger partial charge is 0.327 e. The molecule has 0 spiro atoms. The van der Waals surface area contributed by atoms with Gasteiger partial charge in [-0.3, -0.25) is 0 Å². The monoisotopic (exact) mass is 298 g/mol. The maximum atomic E-state index is 8.98. The molecule has 1 aromatic carbocycles. The molecule has 0 aromatic heterocycles. The number of hydrogen-bond acceptors (Lipinski definition) is 3. The van der Waals surface area contributed by atoms with E-state index in [1.807, 2.05) is 0 Å². The maximum absolute atomic E-state index is 8.98. The minimum absolute atomic E-state index is 0.0155. The van der Waals surface area contributed by atoms with E-state index in [4.69, 9.17) is 14.3 Å². The summed E-state index contributed by atoms with van der Waals surface area (Å²) < 4.78 is 5.05. The summed E-state index contributed by atoms with van der Waals surface area (Å²) in [6, 6.07) is 4.40. The van der Waals surface area contributed by atoms with Gasteiger partial charge in [0.2, 0.25) is 0 Å². The summed E-state index contributed by atoms with van der Waals surface area (Å²) in [6.07, 6.45) is 0. The number of benzene rings is 1. The average Bonchev–Trinajstić information content (AvgIpc) is 2.23. The van der Waals surface area contributed by atoms with Crippen molar-refractivity contribution in [1.82, 2.24) is 0 Å². The van der Waals surface area contributed by atoms with E-state index < -0.39 is 8.60 Å². The van der Waals surface area contributed by atoms with Crippen molar-refractivity contribution in [3.8, 4) is 0 Å². The van der Waals surface area contributed by atoms with Gasteiger partial charge in [-0.25, -0.2) is 0 Å². The summed E-state index contributed by atoms with van der Waals surface area (Å²) in [5.41, 5.74) is 4.77. The van der Waals surface area contributed by atoms with Crippen molar-refractivity contribution in [2.75, 3.05) is 0 Å². The van der Waals surface area contributed by atoms with Gasteiger partial charge < -0.3 is 14.3 Å². The lowest BCUT2D eigenvalue weighted by Crippen LogP contribution is -2.19. The Kier molecular flexibility index (Phi) is 5.37. The van der Waals surface area contributed by atoms with Gasteiger partial charge in [0, 0.05) is 0 Å². The molecular formula is C16H27O3P. The Balaban J connectivity index is 3.36. The molecule has 20 heavy (non-hydrogen) atoms. The third kappa shape index (κ3) is 4.53. The van der Waals surface area contributed by atoms with Crippen LogP contribution >= 0.6 is 8.60 Å². The summed E-state index contributed by atoms with van der Waals surface area (Å²) in [5.74, 6) is 0. The van der Waals surface area contributed by atoms with Crippen molar-refractivity contribution in [2.45, 2.75) is 65.9 Å². The molecule has 114 valence electrons. The standard InChI is InChI=1S/C16H27O3P/c1-11-8-12(15(2,3)4)9-14(16(5,6)7)13(11)10-19-20(17)18/h8-9,17-18H,10H2,1-7H3. The molecule has 0 bridgehead atoms. The normalized spacial score (nSPS) is 13.1. The minimum atomic E-state index is -2.32. The average molecular weight is 298 g/mol. The molecule has 0 amide bonds. The second kappa shape index (κ2) is 6.11. The van der Waals surface area contributed by atoms with Crippen molar-refractivity contribution in [3.63, 3.8) is 0 Å². The summed E-state index contributed by atoms with van der Waals surface area (Å²) in [7, 11) is -2.32. The molecule has 0 unspecified atom stereocenters. The van der Waals surface area contributed by atoms with Crippen molar-refractivity contribution >= 4 is 8.60 Å². The van der Waals surface area contributed by atoms with E-state index in [0.717, 1.165) is 11.1 Å².